The van der Waals surface area contributed by atoms with E-state index in [2.05, 4.69) is 0 Å². The van der Waals surface area contributed by atoms with E-state index in [1.54, 1.807) is 18.9 Å². The summed E-state index contributed by atoms with van der Waals surface area (Å²) in [7, 11) is 1.62. The van der Waals surface area contributed by atoms with Crippen LogP contribution in [0.5, 0.6) is 0 Å². The van der Waals surface area contributed by atoms with Gasteiger partial charge >= 0.3 is 12.0 Å². The van der Waals surface area contributed by atoms with E-state index in [1.807, 2.05) is 6.92 Å². The molecule has 0 radical (unpaired) electrons. The van der Waals surface area contributed by atoms with E-state index in [4.69, 9.17) is 0 Å². The number of carbonyl (C=O) groups is 2. The van der Waals surface area contributed by atoms with Crippen molar-refractivity contribution in [1.29, 1.82) is 0 Å². The molecular weight excluding hydrogens is 248 g/mol. The van der Waals surface area contributed by atoms with Gasteiger partial charge in [-0.25, -0.2) is 4.79 Å². The molecule has 0 bridgehead atoms. The fraction of sp³-hybridized carbons (Fsp3) is 0.846. The number of nitrogens with zero attached hydrogens (tertiary/aromatic N) is 2. The standard InChI is InChI=1S/C13H24N2O4/c1-4-13(11(17)18)6-5-7-15(9-13)12(19)14(3)8-10(2)16/h10,16H,4-9H2,1-3H3,(H,17,18). The number of carboxylic acids is 1. The van der Waals surface area contributed by atoms with Gasteiger partial charge in [-0.15, -0.1) is 0 Å². The quantitative estimate of drug-likeness (QED) is 0.800. The SMILES string of the molecule is CCC1(C(=O)O)CCCN(C(=O)N(C)CC(C)O)C1. The van der Waals surface area contributed by atoms with Crippen molar-refractivity contribution in [2.75, 3.05) is 26.7 Å². The molecule has 2 amide bonds. The van der Waals surface area contributed by atoms with Gasteiger partial charge in [0, 0.05) is 26.7 Å². The average molecular weight is 272 g/mol. The van der Waals surface area contributed by atoms with E-state index < -0.39 is 17.5 Å². The summed E-state index contributed by atoms with van der Waals surface area (Å²) in [5.74, 6) is -0.828. The molecule has 1 aliphatic heterocycles. The lowest BCUT2D eigenvalue weighted by Crippen LogP contribution is -2.53. The highest BCUT2D eigenvalue weighted by atomic mass is 16.4. The summed E-state index contributed by atoms with van der Waals surface area (Å²) < 4.78 is 0. The van der Waals surface area contributed by atoms with Crippen molar-refractivity contribution in [2.24, 2.45) is 5.41 Å². The second-order valence-corrected chi connectivity index (χ2v) is 5.48. The molecule has 0 aromatic rings. The number of amides is 2. The Kier molecular flexibility index (Phi) is 5.17. The minimum Gasteiger partial charge on any atom is -0.481 e. The van der Waals surface area contributed by atoms with Gasteiger partial charge in [0.2, 0.25) is 0 Å². The van der Waals surface area contributed by atoms with Crippen LogP contribution in [0.15, 0.2) is 0 Å². The number of aliphatic hydroxyl groups excluding tert-OH is 1. The first-order valence-corrected chi connectivity index (χ1v) is 6.74. The molecule has 1 saturated heterocycles. The topological polar surface area (TPSA) is 81.1 Å². The molecule has 6 heteroatoms. The Morgan fingerprint density at radius 1 is 1.47 bits per heavy atom. The highest BCUT2D eigenvalue weighted by Gasteiger charge is 2.42. The van der Waals surface area contributed by atoms with Crippen LogP contribution >= 0.6 is 0 Å². The summed E-state index contributed by atoms with van der Waals surface area (Å²) in [6.07, 6.45) is 1.25. The van der Waals surface area contributed by atoms with Crippen molar-refractivity contribution in [3.63, 3.8) is 0 Å². The molecule has 1 fully saturated rings. The molecule has 1 rings (SSSR count). The van der Waals surface area contributed by atoms with Crippen LogP contribution in [0.4, 0.5) is 4.79 Å². The molecule has 1 heterocycles. The number of carboxylic acid groups (broad SMARTS) is 1. The monoisotopic (exact) mass is 272 g/mol. The number of carbonyl (C=O) groups excluding carboxylic acids is 1. The second-order valence-electron chi connectivity index (χ2n) is 5.48. The molecule has 19 heavy (non-hydrogen) atoms. The molecule has 0 saturated carbocycles. The number of likely N-dealkylation sites (N-methyl/N-ethyl adjacent to an activating group) is 1. The van der Waals surface area contributed by atoms with Gasteiger partial charge in [0.15, 0.2) is 0 Å². The largest absolute Gasteiger partial charge is 0.481 e. The maximum Gasteiger partial charge on any atom is 0.319 e. The number of urea groups is 1. The summed E-state index contributed by atoms with van der Waals surface area (Å²) in [6, 6.07) is -0.209. The summed E-state index contributed by atoms with van der Waals surface area (Å²) in [6.45, 7) is 4.55. The molecular formula is C13H24N2O4. The zero-order chi connectivity index (χ0) is 14.6. The molecule has 0 spiro atoms. The van der Waals surface area contributed by atoms with Crippen molar-refractivity contribution < 1.29 is 19.8 Å². The molecule has 2 atom stereocenters. The van der Waals surface area contributed by atoms with Gasteiger partial charge in [0.25, 0.3) is 0 Å². The third-order valence-corrected chi connectivity index (χ3v) is 3.84. The zero-order valence-corrected chi connectivity index (χ0v) is 11.9. The Balaban J connectivity index is 2.74. The predicted molar refractivity (Wildman–Crippen MR) is 70.9 cm³/mol. The van der Waals surface area contributed by atoms with Crippen molar-refractivity contribution in [3.05, 3.63) is 0 Å². The van der Waals surface area contributed by atoms with Gasteiger partial charge in [-0.3, -0.25) is 4.79 Å². The van der Waals surface area contributed by atoms with E-state index in [-0.39, 0.29) is 19.1 Å². The number of piperidine rings is 1. The van der Waals surface area contributed by atoms with Crippen molar-refractivity contribution >= 4 is 12.0 Å². The van der Waals surface area contributed by atoms with E-state index in [9.17, 15) is 19.8 Å². The van der Waals surface area contributed by atoms with Crippen LogP contribution in [0.3, 0.4) is 0 Å². The van der Waals surface area contributed by atoms with E-state index >= 15 is 0 Å². The van der Waals surface area contributed by atoms with Crippen LogP contribution in [0.1, 0.15) is 33.1 Å². The summed E-state index contributed by atoms with van der Waals surface area (Å²) in [5.41, 5.74) is -0.820. The Labute approximate surface area is 114 Å². The molecule has 110 valence electrons. The van der Waals surface area contributed by atoms with Crippen LogP contribution in [0.25, 0.3) is 0 Å². The van der Waals surface area contributed by atoms with Gasteiger partial charge in [-0.1, -0.05) is 6.92 Å². The highest BCUT2D eigenvalue weighted by molar-refractivity contribution is 5.78. The van der Waals surface area contributed by atoms with E-state index in [0.717, 1.165) is 0 Å². The van der Waals surface area contributed by atoms with Crippen LogP contribution in [0.2, 0.25) is 0 Å². The van der Waals surface area contributed by atoms with Gasteiger partial charge < -0.3 is 20.0 Å². The van der Waals surface area contributed by atoms with Crippen molar-refractivity contribution in [3.8, 4) is 0 Å². The predicted octanol–water partition coefficient (Wildman–Crippen LogP) is 0.996. The third-order valence-electron chi connectivity index (χ3n) is 3.84. The summed E-state index contributed by atoms with van der Waals surface area (Å²) in [4.78, 5) is 26.7. The first-order valence-electron chi connectivity index (χ1n) is 6.74. The van der Waals surface area contributed by atoms with E-state index in [0.29, 0.717) is 25.8 Å². The van der Waals surface area contributed by atoms with Crippen LogP contribution in [-0.4, -0.2) is 64.8 Å². The number of likely N-dealkylation sites (tertiary alicyclic amines) is 1. The molecule has 0 aromatic heterocycles. The molecule has 0 aliphatic carbocycles. The second kappa shape index (κ2) is 6.23. The normalized spacial score (nSPS) is 24.9. The molecule has 0 aromatic carbocycles. The smallest absolute Gasteiger partial charge is 0.319 e. The Morgan fingerprint density at radius 3 is 2.58 bits per heavy atom. The first-order chi connectivity index (χ1) is 8.82. The minimum absolute atomic E-state index is 0.209. The Morgan fingerprint density at radius 2 is 2.11 bits per heavy atom. The van der Waals surface area contributed by atoms with Crippen molar-refractivity contribution in [1.82, 2.24) is 9.80 Å². The molecule has 6 nitrogen and oxygen atoms in total. The van der Waals surface area contributed by atoms with Gasteiger partial charge in [-0.2, -0.15) is 0 Å². The highest BCUT2D eigenvalue weighted by Crippen LogP contribution is 2.33. The lowest BCUT2D eigenvalue weighted by atomic mass is 9.78. The fourth-order valence-corrected chi connectivity index (χ4v) is 2.63. The van der Waals surface area contributed by atoms with Gasteiger partial charge in [0.05, 0.1) is 11.5 Å². The summed E-state index contributed by atoms with van der Waals surface area (Å²) >= 11 is 0. The van der Waals surface area contributed by atoms with Crippen LogP contribution in [0, 0.1) is 5.41 Å². The number of aliphatic carboxylic acids is 1. The van der Waals surface area contributed by atoms with E-state index in [1.165, 1.54) is 4.90 Å². The summed E-state index contributed by atoms with van der Waals surface area (Å²) in [5, 5.41) is 18.7. The molecule has 2 N–H and O–H groups in total. The van der Waals surface area contributed by atoms with Gasteiger partial charge in [0.1, 0.15) is 0 Å². The number of rotatable bonds is 4. The zero-order valence-electron chi connectivity index (χ0n) is 11.9. The van der Waals surface area contributed by atoms with Crippen LogP contribution < -0.4 is 0 Å². The Hall–Kier alpha value is -1.30. The van der Waals surface area contributed by atoms with Crippen LogP contribution in [-0.2, 0) is 4.79 Å². The Bertz CT molecular complexity index is 346. The first kappa shape index (κ1) is 15.8. The minimum atomic E-state index is -0.828. The lowest BCUT2D eigenvalue weighted by molar-refractivity contribution is -0.152. The van der Waals surface area contributed by atoms with Crippen molar-refractivity contribution in [2.45, 2.75) is 39.2 Å². The number of hydrogen-bond donors (Lipinski definition) is 2. The number of aliphatic hydroxyl groups is 1. The van der Waals surface area contributed by atoms with Gasteiger partial charge in [-0.05, 0) is 26.2 Å². The lowest BCUT2D eigenvalue weighted by Gasteiger charge is -2.40. The third kappa shape index (κ3) is 3.59. The molecule has 1 aliphatic rings. The fourth-order valence-electron chi connectivity index (χ4n) is 2.63. The average Bonchev–Trinajstić information content (AvgIpc) is 2.36. The number of hydrogen-bond acceptors (Lipinski definition) is 3. The molecule has 2 unspecified atom stereocenters. The maximum atomic E-state index is 12.2. The maximum absolute atomic E-state index is 12.2.